The highest BCUT2D eigenvalue weighted by Gasteiger charge is 2.71. The lowest BCUT2D eigenvalue weighted by molar-refractivity contribution is -0.210. The summed E-state index contributed by atoms with van der Waals surface area (Å²) in [6.45, 7) is 7.61. The molecule has 0 bridgehead atoms. The minimum atomic E-state index is -0.978. The van der Waals surface area contributed by atoms with E-state index in [4.69, 9.17) is 14.2 Å². The molecule has 4 saturated carbocycles. The maximum atomic E-state index is 12.5. The molecule has 7 heteroatoms. The van der Waals surface area contributed by atoms with Gasteiger partial charge in [-0.2, -0.15) is 0 Å². The minimum absolute atomic E-state index is 0.000108. The smallest absolute Gasteiger partial charge is 0.331 e. The molecule has 188 valence electrons. The largest absolute Gasteiger partial charge is 0.463 e. The van der Waals surface area contributed by atoms with Crippen LogP contribution in [0.25, 0.3) is 0 Å². The van der Waals surface area contributed by atoms with Gasteiger partial charge in [0.05, 0.1) is 5.60 Å². The highest BCUT2D eigenvalue weighted by atomic mass is 16.6. The Balaban J connectivity index is 1.46. The van der Waals surface area contributed by atoms with Crippen molar-refractivity contribution < 1.29 is 33.7 Å². The summed E-state index contributed by atoms with van der Waals surface area (Å²) in [5, 5.41) is 12.5. The van der Waals surface area contributed by atoms with Crippen LogP contribution in [0.5, 0.6) is 0 Å². The van der Waals surface area contributed by atoms with Crippen LogP contribution in [0.4, 0.5) is 0 Å². The molecular weight excluding hydrogens is 436 g/mol. The Labute approximate surface area is 201 Å². The molecule has 1 heterocycles. The van der Waals surface area contributed by atoms with Gasteiger partial charge in [-0.25, -0.2) is 4.79 Å². The van der Waals surface area contributed by atoms with Crippen molar-refractivity contribution >= 4 is 17.9 Å². The molecule has 0 aromatic carbocycles. The number of aliphatic hydroxyl groups is 1. The van der Waals surface area contributed by atoms with Crippen molar-refractivity contribution in [3.05, 3.63) is 11.6 Å². The first kappa shape index (κ1) is 23.8. The molecule has 0 unspecified atom stereocenters. The van der Waals surface area contributed by atoms with Crippen molar-refractivity contribution in [1.29, 1.82) is 0 Å². The fraction of sp³-hybridized carbons (Fsp3) is 0.815. The molecule has 34 heavy (non-hydrogen) atoms. The maximum Gasteiger partial charge on any atom is 0.331 e. The van der Waals surface area contributed by atoms with Gasteiger partial charge < -0.3 is 19.3 Å². The summed E-state index contributed by atoms with van der Waals surface area (Å²) in [6, 6.07) is 0. The van der Waals surface area contributed by atoms with Crippen LogP contribution in [-0.4, -0.2) is 47.4 Å². The van der Waals surface area contributed by atoms with Crippen LogP contribution in [0.1, 0.15) is 79.1 Å². The van der Waals surface area contributed by atoms with Crippen molar-refractivity contribution in [2.75, 3.05) is 6.61 Å². The third-order valence-electron chi connectivity index (χ3n) is 10.5. The summed E-state index contributed by atoms with van der Waals surface area (Å²) in [5.41, 5.74) is -0.535. The average molecular weight is 475 g/mol. The van der Waals surface area contributed by atoms with Gasteiger partial charge in [-0.05, 0) is 73.7 Å². The van der Waals surface area contributed by atoms with E-state index in [-0.39, 0.29) is 47.9 Å². The van der Waals surface area contributed by atoms with Crippen molar-refractivity contribution in [2.24, 2.45) is 34.5 Å². The van der Waals surface area contributed by atoms with Crippen molar-refractivity contribution in [1.82, 2.24) is 0 Å². The maximum absolute atomic E-state index is 12.5. The van der Waals surface area contributed by atoms with Crippen molar-refractivity contribution in [3.63, 3.8) is 0 Å². The van der Waals surface area contributed by atoms with Crippen LogP contribution in [0.3, 0.4) is 0 Å². The molecule has 0 aromatic heterocycles. The van der Waals surface area contributed by atoms with Gasteiger partial charge in [0.15, 0.2) is 0 Å². The van der Waals surface area contributed by atoms with Gasteiger partial charge in [-0.1, -0.05) is 13.8 Å². The molecule has 4 fully saturated rings. The zero-order chi connectivity index (χ0) is 24.5. The molecule has 7 nitrogen and oxygen atoms in total. The number of rotatable bonds is 3. The lowest BCUT2D eigenvalue weighted by Crippen LogP contribution is -2.62. The first-order valence-electron chi connectivity index (χ1n) is 12.9. The van der Waals surface area contributed by atoms with E-state index >= 15 is 0 Å². The molecule has 1 aliphatic heterocycles. The van der Waals surface area contributed by atoms with Gasteiger partial charge >= 0.3 is 17.9 Å². The second-order valence-electron chi connectivity index (χ2n) is 12.0. The number of carbonyl (C=O) groups is 3. The van der Waals surface area contributed by atoms with Gasteiger partial charge in [0.2, 0.25) is 0 Å². The van der Waals surface area contributed by atoms with Gasteiger partial charge in [-0.15, -0.1) is 0 Å². The Kier molecular flexibility index (Phi) is 5.66. The van der Waals surface area contributed by atoms with E-state index in [1.807, 2.05) is 0 Å². The number of hydrogen-bond donors (Lipinski definition) is 1. The van der Waals surface area contributed by atoms with Crippen LogP contribution in [0.15, 0.2) is 11.6 Å². The molecule has 0 amide bonds. The number of esters is 3. The van der Waals surface area contributed by atoms with Gasteiger partial charge in [0.1, 0.15) is 18.8 Å². The Hall–Kier alpha value is -1.89. The Morgan fingerprint density at radius 3 is 2.41 bits per heavy atom. The van der Waals surface area contributed by atoms with E-state index in [1.54, 1.807) is 6.08 Å². The highest BCUT2D eigenvalue weighted by Crippen LogP contribution is 2.70. The van der Waals surface area contributed by atoms with Gasteiger partial charge in [-0.3, -0.25) is 9.59 Å². The normalized spacial score (nSPS) is 47.6. The third kappa shape index (κ3) is 3.44. The standard InChI is InChI=1S/C27H38O7/c1-15(28)33-19-7-9-25(3)18(12-19)5-6-21-20(25)8-10-26(4)24(17-11-23(30)32-14-17)22(34-16(2)29)13-27(21,26)31/h11,18-22,24,31H,5-10,12-14H2,1-4H3/t18-,19-,20+,21-,22-,24+,25+,26-,27+/m1/s1. The average Bonchev–Trinajstić information content (AvgIpc) is 3.25. The molecule has 4 aliphatic carbocycles. The van der Waals surface area contributed by atoms with Crippen LogP contribution in [-0.2, 0) is 28.6 Å². The lowest BCUT2D eigenvalue weighted by atomic mass is 9.43. The van der Waals surface area contributed by atoms with Crippen LogP contribution < -0.4 is 0 Å². The summed E-state index contributed by atoms with van der Waals surface area (Å²) in [7, 11) is 0. The number of hydrogen-bond acceptors (Lipinski definition) is 7. The highest BCUT2D eigenvalue weighted by molar-refractivity contribution is 5.85. The quantitative estimate of drug-likeness (QED) is 0.492. The third-order valence-corrected chi connectivity index (χ3v) is 10.5. The Morgan fingerprint density at radius 2 is 1.76 bits per heavy atom. The van der Waals surface area contributed by atoms with Crippen molar-refractivity contribution in [2.45, 2.75) is 96.9 Å². The van der Waals surface area contributed by atoms with E-state index in [0.717, 1.165) is 50.5 Å². The zero-order valence-electron chi connectivity index (χ0n) is 20.8. The predicted octanol–water partition coefficient (Wildman–Crippen LogP) is 3.72. The Bertz CT molecular complexity index is 926. The number of carbonyl (C=O) groups excluding carboxylic acids is 3. The second-order valence-corrected chi connectivity index (χ2v) is 12.0. The van der Waals surface area contributed by atoms with Crippen LogP contribution in [0.2, 0.25) is 0 Å². The molecule has 9 atom stereocenters. The molecule has 0 radical (unpaired) electrons. The molecule has 0 aromatic rings. The summed E-state index contributed by atoms with van der Waals surface area (Å²) < 4.78 is 16.6. The van der Waals surface area contributed by atoms with Crippen LogP contribution >= 0.6 is 0 Å². The Morgan fingerprint density at radius 1 is 1.03 bits per heavy atom. The molecule has 5 aliphatic rings. The fourth-order valence-corrected chi connectivity index (χ4v) is 9.08. The van der Waals surface area contributed by atoms with E-state index in [2.05, 4.69) is 13.8 Å². The SMILES string of the molecule is CC(=O)O[C@@H]1CC[C@@]2(C)[C@H](CC[C@@H]3[C@@H]2CC[C@]2(C)[C@@H](C4=CC(=O)OC4)[C@H](OC(C)=O)C[C@]32O)C1. The molecular formula is C27H38O7. The van der Waals surface area contributed by atoms with Crippen LogP contribution in [0, 0.1) is 34.5 Å². The first-order valence-corrected chi connectivity index (χ1v) is 12.9. The first-order chi connectivity index (χ1) is 16.0. The number of cyclic esters (lactones) is 1. The molecule has 5 rings (SSSR count). The molecule has 0 spiro atoms. The summed E-state index contributed by atoms with van der Waals surface area (Å²) in [4.78, 5) is 35.4. The minimum Gasteiger partial charge on any atom is -0.463 e. The predicted molar refractivity (Wildman–Crippen MR) is 122 cm³/mol. The summed E-state index contributed by atoms with van der Waals surface area (Å²) >= 11 is 0. The van der Waals surface area contributed by atoms with Gasteiger partial charge in [0, 0.05) is 37.7 Å². The topological polar surface area (TPSA) is 99.1 Å². The monoisotopic (exact) mass is 474 g/mol. The van der Waals surface area contributed by atoms with Crippen molar-refractivity contribution in [3.8, 4) is 0 Å². The molecule has 0 saturated heterocycles. The number of fused-ring (bicyclic) bond motifs is 5. The second kappa shape index (κ2) is 8.07. The summed E-state index contributed by atoms with van der Waals surface area (Å²) in [5.74, 6) is -0.190. The van der Waals surface area contributed by atoms with E-state index in [1.165, 1.54) is 13.8 Å². The van der Waals surface area contributed by atoms with Gasteiger partial charge in [0.25, 0.3) is 0 Å². The zero-order valence-corrected chi connectivity index (χ0v) is 20.8. The molecule has 1 N–H and O–H groups in total. The fourth-order valence-electron chi connectivity index (χ4n) is 9.08. The van der Waals surface area contributed by atoms with E-state index < -0.39 is 17.1 Å². The summed E-state index contributed by atoms with van der Waals surface area (Å²) in [6.07, 6.45) is 7.98. The lowest BCUT2D eigenvalue weighted by Gasteiger charge is -2.63. The van der Waals surface area contributed by atoms with E-state index in [9.17, 15) is 19.5 Å². The van der Waals surface area contributed by atoms with E-state index in [0.29, 0.717) is 18.3 Å². The number of ether oxygens (including phenoxy) is 3.